The molecule has 1 saturated carbocycles. The number of hydrogen-bond acceptors (Lipinski definition) is 5. The summed E-state index contributed by atoms with van der Waals surface area (Å²) in [7, 11) is 1.93. The van der Waals surface area contributed by atoms with E-state index in [-0.39, 0.29) is 24.8 Å². The fourth-order valence-corrected chi connectivity index (χ4v) is 4.98. The summed E-state index contributed by atoms with van der Waals surface area (Å²) < 4.78 is 39.4. The van der Waals surface area contributed by atoms with E-state index in [4.69, 9.17) is 9.47 Å². The molecule has 0 radical (unpaired) electrons. The monoisotopic (exact) mass is 545 g/mol. The van der Waals surface area contributed by atoms with E-state index in [0.29, 0.717) is 31.5 Å². The molecule has 5 nitrogen and oxygen atoms in total. The van der Waals surface area contributed by atoms with Gasteiger partial charge in [-0.15, -0.1) is 29.9 Å². The maximum atomic E-state index is 13.6. The van der Waals surface area contributed by atoms with Crippen LogP contribution in [0.4, 0.5) is 8.78 Å². The summed E-state index contributed by atoms with van der Waals surface area (Å²) >= 11 is 0. The highest BCUT2D eigenvalue weighted by Gasteiger charge is 2.36. The van der Waals surface area contributed by atoms with Gasteiger partial charge in [0.1, 0.15) is 11.9 Å². The molecule has 4 rings (SSSR count). The number of benzene rings is 1. The molecule has 2 heterocycles. The minimum atomic E-state index is -2.41. The Morgan fingerprint density at radius 1 is 1.00 bits per heavy atom. The third kappa shape index (κ3) is 8.15. The number of alkyl halides is 2. The van der Waals surface area contributed by atoms with Crippen LogP contribution in [0.1, 0.15) is 64.0 Å². The van der Waals surface area contributed by atoms with Crippen molar-refractivity contribution in [1.29, 1.82) is 0 Å². The lowest BCUT2D eigenvalue weighted by Crippen LogP contribution is -2.47. The molecule has 2 atom stereocenters. The number of nitrogens with zero attached hydrogens (tertiary/aromatic N) is 3. The standard InChI is InChI=1S/C27H37F2N3O2.2ClH/c1-3-4-10-24-23(19-11-13-21(14-12-19)33-20-8-6-5-7-9-20)17-26(31-30-24)34-25-18-32(2)16-15-22(25)27(28)29;;/h11-14,17,20,22,25,27H,3-10,15-16,18H2,1-2H3;2*1H/t22-,25-;;/m1../s1. The lowest BCUT2D eigenvalue weighted by Gasteiger charge is -2.35. The van der Waals surface area contributed by atoms with Crippen molar-refractivity contribution < 1.29 is 18.3 Å². The van der Waals surface area contributed by atoms with E-state index < -0.39 is 18.4 Å². The highest BCUT2D eigenvalue weighted by Crippen LogP contribution is 2.32. The average Bonchev–Trinajstić information content (AvgIpc) is 2.84. The van der Waals surface area contributed by atoms with Gasteiger partial charge in [-0.2, -0.15) is 5.10 Å². The zero-order chi connectivity index (χ0) is 23.9. The van der Waals surface area contributed by atoms with Gasteiger partial charge in [0.25, 0.3) is 0 Å². The van der Waals surface area contributed by atoms with Gasteiger partial charge in [-0.3, -0.25) is 0 Å². The Kier molecular flexibility index (Phi) is 12.6. The van der Waals surface area contributed by atoms with E-state index in [1.165, 1.54) is 19.3 Å². The SMILES string of the molecule is CCCCc1nnc(O[C@@H]2CN(C)CC[C@H]2C(F)F)cc1-c1ccc(OC2CCCCC2)cc1.Cl.Cl. The number of aryl methyl sites for hydroxylation is 1. The smallest absolute Gasteiger partial charge is 0.245 e. The van der Waals surface area contributed by atoms with Crippen LogP contribution in [0, 0.1) is 5.92 Å². The van der Waals surface area contributed by atoms with E-state index in [1.807, 2.05) is 42.3 Å². The number of halogens is 4. The van der Waals surface area contributed by atoms with Gasteiger partial charge >= 0.3 is 0 Å². The van der Waals surface area contributed by atoms with Crippen LogP contribution >= 0.6 is 24.8 Å². The van der Waals surface area contributed by atoms with Gasteiger partial charge in [-0.1, -0.05) is 31.9 Å². The number of ether oxygens (including phenoxy) is 2. The first-order valence-electron chi connectivity index (χ1n) is 12.8. The normalized spacial score (nSPS) is 20.9. The number of piperidine rings is 1. The lowest BCUT2D eigenvalue weighted by atomic mass is 9.94. The summed E-state index contributed by atoms with van der Waals surface area (Å²) in [5, 5.41) is 8.72. The highest BCUT2D eigenvalue weighted by molar-refractivity contribution is 5.85. The van der Waals surface area contributed by atoms with E-state index in [1.54, 1.807) is 0 Å². The summed E-state index contributed by atoms with van der Waals surface area (Å²) in [5.74, 6) is 0.399. The average molecular weight is 547 g/mol. The number of rotatable bonds is 9. The van der Waals surface area contributed by atoms with Crippen LogP contribution in [-0.2, 0) is 6.42 Å². The Balaban J connectivity index is 0.00000228. The molecule has 1 aliphatic heterocycles. The van der Waals surface area contributed by atoms with Gasteiger partial charge < -0.3 is 14.4 Å². The first-order chi connectivity index (χ1) is 16.5. The molecule has 2 aliphatic rings. The predicted molar refractivity (Wildman–Crippen MR) is 144 cm³/mol. The van der Waals surface area contributed by atoms with Crippen molar-refractivity contribution in [2.75, 3.05) is 20.1 Å². The summed E-state index contributed by atoms with van der Waals surface area (Å²) in [4.78, 5) is 2.03. The number of aromatic nitrogens is 2. The van der Waals surface area contributed by atoms with E-state index >= 15 is 0 Å². The van der Waals surface area contributed by atoms with Crippen molar-refractivity contribution in [2.24, 2.45) is 5.92 Å². The molecular formula is C27H39Cl2F2N3O2. The Labute approximate surface area is 226 Å². The molecule has 0 spiro atoms. The minimum absolute atomic E-state index is 0. The van der Waals surface area contributed by atoms with Crippen LogP contribution in [0.5, 0.6) is 11.6 Å². The zero-order valence-corrected chi connectivity index (χ0v) is 22.8. The van der Waals surface area contributed by atoms with Crippen molar-refractivity contribution in [3.63, 3.8) is 0 Å². The van der Waals surface area contributed by atoms with Crippen LogP contribution in [0.2, 0.25) is 0 Å². The summed E-state index contributed by atoms with van der Waals surface area (Å²) in [6.45, 7) is 3.25. The van der Waals surface area contributed by atoms with Crippen LogP contribution < -0.4 is 9.47 Å². The number of unbranched alkanes of at least 4 members (excludes halogenated alkanes) is 1. The maximum absolute atomic E-state index is 13.6. The maximum Gasteiger partial charge on any atom is 0.245 e. The van der Waals surface area contributed by atoms with Crippen molar-refractivity contribution >= 4 is 24.8 Å². The predicted octanol–water partition coefficient (Wildman–Crippen LogP) is 7.01. The number of likely N-dealkylation sites (tertiary alicyclic amines) is 1. The summed E-state index contributed by atoms with van der Waals surface area (Å²) in [5.41, 5.74) is 2.86. The quantitative estimate of drug-likeness (QED) is 0.339. The fourth-order valence-electron chi connectivity index (χ4n) is 4.98. The molecule has 2 aromatic rings. The fraction of sp³-hybridized carbons (Fsp3) is 0.630. The molecule has 1 aromatic carbocycles. The van der Waals surface area contributed by atoms with Crippen molar-refractivity contribution in [3.05, 3.63) is 36.0 Å². The highest BCUT2D eigenvalue weighted by atomic mass is 35.5. The number of hydrogen-bond donors (Lipinski definition) is 0. The molecule has 0 unspecified atom stereocenters. The van der Waals surface area contributed by atoms with Crippen LogP contribution in [0.3, 0.4) is 0 Å². The van der Waals surface area contributed by atoms with Crippen LogP contribution in [-0.4, -0.2) is 53.9 Å². The molecule has 0 bridgehead atoms. The molecule has 202 valence electrons. The number of likely N-dealkylation sites (N-methyl/N-ethyl adjacent to an activating group) is 1. The summed E-state index contributed by atoms with van der Waals surface area (Å²) in [6, 6.07) is 9.98. The Hall–Kier alpha value is -1.70. The molecule has 36 heavy (non-hydrogen) atoms. The Morgan fingerprint density at radius 3 is 2.39 bits per heavy atom. The van der Waals surface area contributed by atoms with Crippen LogP contribution in [0.15, 0.2) is 30.3 Å². The van der Waals surface area contributed by atoms with Crippen LogP contribution in [0.25, 0.3) is 11.1 Å². The van der Waals surface area contributed by atoms with Gasteiger partial charge in [0.2, 0.25) is 12.3 Å². The van der Waals surface area contributed by atoms with E-state index in [9.17, 15) is 8.78 Å². The van der Waals surface area contributed by atoms with Crippen molar-refractivity contribution in [1.82, 2.24) is 15.1 Å². The first-order valence-corrected chi connectivity index (χ1v) is 12.8. The second kappa shape index (κ2) is 14.9. The van der Waals surface area contributed by atoms with Crippen molar-refractivity contribution in [3.8, 4) is 22.8 Å². The third-order valence-electron chi connectivity index (χ3n) is 7.04. The topological polar surface area (TPSA) is 47.5 Å². The second-order valence-electron chi connectivity index (χ2n) is 9.75. The molecule has 1 aromatic heterocycles. The Bertz CT molecular complexity index is 914. The van der Waals surface area contributed by atoms with E-state index in [0.717, 1.165) is 54.7 Å². The minimum Gasteiger partial charge on any atom is -0.490 e. The molecule has 1 aliphatic carbocycles. The van der Waals surface area contributed by atoms with Crippen molar-refractivity contribution in [2.45, 2.75) is 83.3 Å². The summed E-state index contributed by atoms with van der Waals surface area (Å²) in [6.07, 6.45) is 6.58. The largest absolute Gasteiger partial charge is 0.490 e. The van der Waals surface area contributed by atoms with Gasteiger partial charge in [0.15, 0.2) is 0 Å². The van der Waals surface area contributed by atoms with E-state index in [2.05, 4.69) is 17.1 Å². The van der Waals surface area contributed by atoms with Gasteiger partial charge in [-0.05, 0) is 76.2 Å². The Morgan fingerprint density at radius 2 is 1.72 bits per heavy atom. The second-order valence-corrected chi connectivity index (χ2v) is 9.75. The molecule has 0 N–H and O–H groups in total. The van der Waals surface area contributed by atoms with Gasteiger partial charge in [0.05, 0.1) is 17.7 Å². The lowest BCUT2D eigenvalue weighted by molar-refractivity contribution is -0.0383. The molecule has 9 heteroatoms. The molecule has 1 saturated heterocycles. The molecule has 2 fully saturated rings. The third-order valence-corrected chi connectivity index (χ3v) is 7.04. The van der Waals surface area contributed by atoms with Gasteiger partial charge in [0, 0.05) is 18.2 Å². The molecular weight excluding hydrogens is 507 g/mol. The first kappa shape index (κ1) is 30.5. The zero-order valence-electron chi connectivity index (χ0n) is 21.2. The molecule has 0 amide bonds. The van der Waals surface area contributed by atoms with Gasteiger partial charge in [-0.25, -0.2) is 8.78 Å².